The summed E-state index contributed by atoms with van der Waals surface area (Å²) >= 11 is 3.11. The van der Waals surface area contributed by atoms with Crippen LogP contribution in [0.5, 0.6) is 0 Å². The number of benzene rings is 2. The van der Waals surface area contributed by atoms with Crippen LogP contribution < -0.4 is 5.32 Å². The van der Waals surface area contributed by atoms with E-state index in [2.05, 4.69) is 21.2 Å². The van der Waals surface area contributed by atoms with Crippen molar-refractivity contribution in [1.82, 2.24) is 0 Å². The number of hydrogen-bond acceptors (Lipinski definition) is 4. The number of carbonyl (C=O) groups excluding carboxylic acids is 2. The number of esters is 1. The predicted molar refractivity (Wildman–Crippen MR) is 93.9 cm³/mol. The average molecular weight is 388 g/mol. The van der Waals surface area contributed by atoms with E-state index in [0.717, 1.165) is 10.8 Å². The van der Waals surface area contributed by atoms with Crippen molar-refractivity contribution in [3.8, 4) is 0 Å². The summed E-state index contributed by atoms with van der Waals surface area (Å²) in [6.45, 7) is 1.51. The minimum atomic E-state index is -0.951. The molecule has 3 rings (SSSR count). The highest BCUT2D eigenvalue weighted by Gasteiger charge is 2.21. The molecule has 0 unspecified atom stereocenters. The molecule has 24 heavy (non-hydrogen) atoms. The normalized spacial score (nSPS) is 11.9. The van der Waals surface area contributed by atoms with Crippen LogP contribution in [0.2, 0.25) is 0 Å². The van der Waals surface area contributed by atoms with Crippen molar-refractivity contribution in [1.29, 1.82) is 0 Å². The highest BCUT2D eigenvalue weighted by molar-refractivity contribution is 9.10. The zero-order chi connectivity index (χ0) is 17.1. The Bertz CT molecular complexity index is 903. The zero-order valence-corrected chi connectivity index (χ0v) is 14.4. The molecule has 0 fully saturated rings. The van der Waals surface area contributed by atoms with E-state index in [4.69, 9.17) is 9.15 Å². The lowest BCUT2D eigenvalue weighted by molar-refractivity contribution is -0.123. The van der Waals surface area contributed by atoms with Crippen LogP contribution in [-0.2, 0) is 9.53 Å². The Labute approximate surface area is 146 Å². The second-order valence-electron chi connectivity index (χ2n) is 5.20. The number of amides is 1. The van der Waals surface area contributed by atoms with Gasteiger partial charge >= 0.3 is 5.97 Å². The molecule has 1 amide bonds. The van der Waals surface area contributed by atoms with E-state index in [9.17, 15) is 9.59 Å². The summed E-state index contributed by atoms with van der Waals surface area (Å²) in [5, 5.41) is 4.84. The van der Waals surface area contributed by atoms with Gasteiger partial charge in [-0.3, -0.25) is 4.79 Å². The lowest BCUT2D eigenvalue weighted by Gasteiger charge is -2.13. The highest BCUT2D eigenvalue weighted by Crippen LogP contribution is 2.19. The highest BCUT2D eigenvalue weighted by atomic mass is 79.9. The minimum absolute atomic E-state index is 0.0345. The lowest BCUT2D eigenvalue weighted by Crippen LogP contribution is -2.29. The average Bonchev–Trinajstić information content (AvgIpc) is 3.01. The van der Waals surface area contributed by atoms with E-state index in [1.54, 1.807) is 12.1 Å². The first-order valence-electron chi connectivity index (χ1n) is 7.29. The molecule has 0 saturated heterocycles. The van der Waals surface area contributed by atoms with Gasteiger partial charge in [-0.05, 0) is 57.9 Å². The van der Waals surface area contributed by atoms with Crippen molar-refractivity contribution in [3.05, 3.63) is 65.0 Å². The molecule has 1 aromatic heterocycles. The van der Waals surface area contributed by atoms with Gasteiger partial charge in [0.15, 0.2) is 10.8 Å². The number of furan rings is 1. The third-order valence-electron chi connectivity index (χ3n) is 3.44. The standard InChI is InChI=1S/C18H14BrNO4/c1-11(23-18(22)15-8-9-16(19)24-15)17(21)20-14-7-6-12-4-2-3-5-13(12)10-14/h2-11H,1H3,(H,20,21)/t11-/m0/s1. The van der Waals surface area contributed by atoms with Gasteiger partial charge in [0.2, 0.25) is 5.76 Å². The molecule has 0 radical (unpaired) electrons. The molecule has 1 N–H and O–H groups in total. The van der Waals surface area contributed by atoms with Crippen LogP contribution in [-0.4, -0.2) is 18.0 Å². The topological polar surface area (TPSA) is 68.5 Å². The number of halogens is 1. The van der Waals surface area contributed by atoms with Gasteiger partial charge in [0.25, 0.3) is 5.91 Å². The number of rotatable bonds is 4. The van der Waals surface area contributed by atoms with Crippen molar-refractivity contribution in [2.45, 2.75) is 13.0 Å². The third-order valence-corrected chi connectivity index (χ3v) is 3.87. The van der Waals surface area contributed by atoms with Crippen LogP contribution >= 0.6 is 15.9 Å². The van der Waals surface area contributed by atoms with Crippen LogP contribution in [0.4, 0.5) is 5.69 Å². The molecule has 0 spiro atoms. The van der Waals surface area contributed by atoms with Crippen LogP contribution in [0.3, 0.4) is 0 Å². The number of carbonyl (C=O) groups is 2. The third kappa shape index (κ3) is 3.65. The molecule has 0 aliphatic carbocycles. The van der Waals surface area contributed by atoms with Crippen molar-refractivity contribution in [2.24, 2.45) is 0 Å². The number of anilines is 1. The van der Waals surface area contributed by atoms with Crippen molar-refractivity contribution < 1.29 is 18.7 Å². The maximum atomic E-state index is 12.2. The molecule has 0 aliphatic heterocycles. The summed E-state index contributed by atoms with van der Waals surface area (Å²) in [5.41, 5.74) is 0.641. The van der Waals surface area contributed by atoms with Gasteiger partial charge in [0, 0.05) is 5.69 Å². The van der Waals surface area contributed by atoms with Crippen LogP contribution in [0.1, 0.15) is 17.5 Å². The zero-order valence-electron chi connectivity index (χ0n) is 12.8. The van der Waals surface area contributed by atoms with Crippen LogP contribution in [0.15, 0.2) is 63.7 Å². The van der Waals surface area contributed by atoms with Crippen LogP contribution in [0.25, 0.3) is 10.8 Å². The second kappa shape index (κ2) is 6.88. The largest absolute Gasteiger partial charge is 0.447 e. The van der Waals surface area contributed by atoms with Gasteiger partial charge in [0.1, 0.15) is 0 Å². The molecular formula is C18H14BrNO4. The predicted octanol–water partition coefficient (Wildman–Crippen LogP) is 4.38. The van der Waals surface area contributed by atoms with Crippen molar-refractivity contribution in [3.63, 3.8) is 0 Å². The summed E-state index contributed by atoms with van der Waals surface area (Å²) in [6.07, 6.45) is -0.951. The van der Waals surface area contributed by atoms with Crippen molar-refractivity contribution >= 4 is 44.3 Å². The van der Waals surface area contributed by atoms with Gasteiger partial charge in [-0.2, -0.15) is 0 Å². The molecule has 1 atom stereocenters. The molecule has 2 aromatic carbocycles. The number of nitrogens with one attached hydrogen (secondary N) is 1. The van der Waals surface area contributed by atoms with Gasteiger partial charge < -0.3 is 14.5 Å². The number of fused-ring (bicyclic) bond motifs is 1. The smallest absolute Gasteiger partial charge is 0.375 e. The number of hydrogen-bond donors (Lipinski definition) is 1. The Kier molecular flexibility index (Phi) is 4.66. The minimum Gasteiger partial charge on any atom is -0.447 e. The molecule has 0 saturated carbocycles. The van der Waals surface area contributed by atoms with Crippen LogP contribution in [0, 0.1) is 0 Å². The Morgan fingerprint density at radius 3 is 2.54 bits per heavy atom. The first-order valence-corrected chi connectivity index (χ1v) is 8.08. The summed E-state index contributed by atoms with van der Waals surface area (Å²) in [6, 6.07) is 16.5. The van der Waals surface area contributed by atoms with E-state index in [1.807, 2.05) is 36.4 Å². The maximum Gasteiger partial charge on any atom is 0.375 e. The van der Waals surface area contributed by atoms with Gasteiger partial charge in [-0.15, -0.1) is 0 Å². The van der Waals surface area contributed by atoms with E-state index < -0.39 is 18.0 Å². The van der Waals surface area contributed by atoms with Gasteiger partial charge in [-0.1, -0.05) is 30.3 Å². The summed E-state index contributed by atoms with van der Waals surface area (Å²) < 4.78 is 10.6. The van der Waals surface area contributed by atoms with Gasteiger partial charge in [-0.25, -0.2) is 4.79 Å². The van der Waals surface area contributed by atoms with Crippen molar-refractivity contribution in [2.75, 3.05) is 5.32 Å². The number of ether oxygens (including phenoxy) is 1. The molecule has 122 valence electrons. The molecule has 6 heteroatoms. The fraction of sp³-hybridized carbons (Fsp3) is 0.111. The van der Waals surface area contributed by atoms with E-state index >= 15 is 0 Å². The molecule has 0 bridgehead atoms. The fourth-order valence-corrected chi connectivity index (χ4v) is 2.51. The van der Waals surface area contributed by atoms with E-state index in [1.165, 1.54) is 13.0 Å². The monoisotopic (exact) mass is 387 g/mol. The fourth-order valence-electron chi connectivity index (χ4n) is 2.21. The summed E-state index contributed by atoms with van der Waals surface area (Å²) in [5.74, 6) is -1.07. The Morgan fingerprint density at radius 2 is 1.83 bits per heavy atom. The summed E-state index contributed by atoms with van der Waals surface area (Å²) in [4.78, 5) is 24.1. The Balaban J connectivity index is 1.65. The molecule has 5 nitrogen and oxygen atoms in total. The molecule has 3 aromatic rings. The van der Waals surface area contributed by atoms with E-state index in [0.29, 0.717) is 10.4 Å². The quantitative estimate of drug-likeness (QED) is 0.674. The first-order chi connectivity index (χ1) is 11.5. The maximum absolute atomic E-state index is 12.2. The Morgan fingerprint density at radius 1 is 1.08 bits per heavy atom. The molecule has 1 heterocycles. The lowest BCUT2D eigenvalue weighted by atomic mass is 10.1. The molecular weight excluding hydrogens is 374 g/mol. The van der Waals surface area contributed by atoms with E-state index in [-0.39, 0.29) is 5.76 Å². The van der Waals surface area contributed by atoms with Gasteiger partial charge in [0.05, 0.1) is 0 Å². The second-order valence-corrected chi connectivity index (χ2v) is 5.98. The Hall–Kier alpha value is -2.60. The molecule has 0 aliphatic rings. The summed E-state index contributed by atoms with van der Waals surface area (Å²) in [7, 11) is 0. The SMILES string of the molecule is C[C@H](OC(=O)c1ccc(Br)o1)C(=O)Nc1ccc2ccccc2c1. The first kappa shape index (κ1) is 16.3.